The van der Waals surface area contributed by atoms with Crippen LogP contribution in [-0.4, -0.2) is 67.4 Å². The molecule has 8 heteroatoms. The molecule has 5 rings (SSSR count). The summed E-state index contributed by atoms with van der Waals surface area (Å²) in [5.74, 6) is 0.0826. The molecule has 0 spiro atoms. The molecule has 0 saturated carbocycles. The molecular formula is C27H33N5O3. The van der Waals surface area contributed by atoms with E-state index in [1.54, 1.807) is 4.90 Å². The van der Waals surface area contributed by atoms with Crippen LogP contribution in [0.1, 0.15) is 60.9 Å². The Morgan fingerprint density at radius 1 is 1.06 bits per heavy atom. The van der Waals surface area contributed by atoms with Crippen LogP contribution in [0.3, 0.4) is 0 Å². The predicted molar refractivity (Wildman–Crippen MR) is 133 cm³/mol. The van der Waals surface area contributed by atoms with Gasteiger partial charge in [-0.05, 0) is 71.6 Å². The summed E-state index contributed by atoms with van der Waals surface area (Å²) in [6.45, 7) is 11.5. The number of nitrogens with zero attached hydrogens (tertiary/aromatic N) is 5. The summed E-state index contributed by atoms with van der Waals surface area (Å²) < 4.78 is 7.52. The lowest BCUT2D eigenvalue weighted by Crippen LogP contribution is -2.51. The third kappa shape index (κ3) is 4.61. The lowest BCUT2D eigenvalue weighted by molar-refractivity contribution is 0.0144. The average Bonchev–Trinajstić information content (AvgIpc) is 3.23. The van der Waals surface area contributed by atoms with Gasteiger partial charge in [-0.1, -0.05) is 6.07 Å². The highest BCUT2D eigenvalue weighted by Gasteiger charge is 2.34. The number of rotatable bonds is 2. The molecule has 2 amide bonds. The van der Waals surface area contributed by atoms with Gasteiger partial charge in [0, 0.05) is 49.2 Å². The topological polar surface area (TPSA) is 80.0 Å². The van der Waals surface area contributed by atoms with Crippen molar-refractivity contribution in [3.05, 3.63) is 53.1 Å². The number of aromatic nitrogens is 3. The van der Waals surface area contributed by atoms with Crippen molar-refractivity contribution in [3.8, 4) is 11.3 Å². The van der Waals surface area contributed by atoms with Crippen LogP contribution < -0.4 is 0 Å². The monoisotopic (exact) mass is 475 g/mol. The van der Waals surface area contributed by atoms with Crippen LogP contribution in [0.2, 0.25) is 0 Å². The van der Waals surface area contributed by atoms with Crippen molar-refractivity contribution < 1.29 is 14.3 Å². The molecule has 8 nitrogen and oxygen atoms in total. The molecule has 0 radical (unpaired) electrons. The van der Waals surface area contributed by atoms with Crippen molar-refractivity contribution in [2.45, 2.75) is 65.5 Å². The van der Waals surface area contributed by atoms with Gasteiger partial charge in [-0.3, -0.25) is 9.78 Å². The molecule has 0 bridgehead atoms. The molecular weight excluding hydrogens is 442 g/mol. The largest absolute Gasteiger partial charge is 0.444 e. The van der Waals surface area contributed by atoms with Crippen molar-refractivity contribution in [2.75, 3.05) is 19.6 Å². The Kier molecular flexibility index (Phi) is 5.77. The highest BCUT2D eigenvalue weighted by atomic mass is 16.6. The number of piperidine rings is 1. The minimum atomic E-state index is -0.503. The van der Waals surface area contributed by atoms with Crippen molar-refractivity contribution >= 4 is 17.6 Å². The molecule has 1 fully saturated rings. The Morgan fingerprint density at radius 2 is 1.80 bits per heavy atom. The smallest absolute Gasteiger partial charge is 0.410 e. The number of amides is 2. The first-order valence-corrected chi connectivity index (χ1v) is 12.3. The second-order valence-electron chi connectivity index (χ2n) is 10.6. The zero-order valence-corrected chi connectivity index (χ0v) is 21.2. The van der Waals surface area contributed by atoms with E-state index in [9.17, 15) is 9.59 Å². The van der Waals surface area contributed by atoms with E-state index in [2.05, 4.69) is 11.1 Å². The van der Waals surface area contributed by atoms with Gasteiger partial charge in [0.25, 0.3) is 5.91 Å². The molecule has 0 unspecified atom stereocenters. The molecule has 0 atom stereocenters. The lowest BCUT2D eigenvalue weighted by atomic mass is 9.93. The number of benzene rings is 1. The summed E-state index contributed by atoms with van der Waals surface area (Å²) >= 11 is 0. The number of ether oxygens (including phenoxy) is 1. The SMILES string of the molecule is Cc1cn2cc(-c3ccc4c(c3)CCN(C3CCN(C(=O)OC(C)(C)C)CC3)C4=O)nc2c(C)n1. The second-order valence-corrected chi connectivity index (χ2v) is 10.6. The summed E-state index contributed by atoms with van der Waals surface area (Å²) in [5.41, 5.74) is 5.93. The van der Waals surface area contributed by atoms with Crippen molar-refractivity contribution in [3.63, 3.8) is 0 Å². The molecule has 2 aliphatic heterocycles. The van der Waals surface area contributed by atoms with Gasteiger partial charge in [0.1, 0.15) is 5.60 Å². The minimum Gasteiger partial charge on any atom is -0.444 e. The Balaban J connectivity index is 1.29. The molecule has 2 aliphatic rings. The van der Waals surface area contributed by atoms with Gasteiger partial charge in [-0.25, -0.2) is 9.78 Å². The summed E-state index contributed by atoms with van der Waals surface area (Å²) in [4.78, 5) is 38.8. The van der Waals surface area contributed by atoms with Crippen LogP contribution in [-0.2, 0) is 11.2 Å². The normalized spacial score (nSPS) is 17.1. The van der Waals surface area contributed by atoms with Crippen LogP contribution in [0, 0.1) is 13.8 Å². The van der Waals surface area contributed by atoms with E-state index in [-0.39, 0.29) is 18.0 Å². The predicted octanol–water partition coefficient (Wildman–Crippen LogP) is 4.41. The van der Waals surface area contributed by atoms with Gasteiger partial charge in [-0.2, -0.15) is 0 Å². The highest BCUT2D eigenvalue weighted by molar-refractivity contribution is 5.97. The van der Waals surface area contributed by atoms with E-state index >= 15 is 0 Å². The number of carbonyl (C=O) groups is 2. The number of imidazole rings is 1. The maximum atomic E-state index is 13.4. The van der Waals surface area contributed by atoms with Gasteiger partial charge in [0.2, 0.25) is 0 Å². The molecule has 1 saturated heterocycles. The van der Waals surface area contributed by atoms with Gasteiger partial charge < -0.3 is 18.9 Å². The standard InChI is InChI=1S/C27H33N5O3/c1-17-15-31-16-23(29-24(31)18(2)28-17)20-6-7-22-19(14-20)8-13-32(25(22)33)21-9-11-30(12-10-21)26(34)35-27(3,4)5/h6-7,14-16,21H,8-13H2,1-5H3. The van der Waals surface area contributed by atoms with Crippen LogP contribution in [0.15, 0.2) is 30.6 Å². The summed E-state index contributed by atoms with van der Waals surface area (Å²) in [6, 6.07) is 6.18. The quantitative estimate of drug-likeness (QED) is 0.549. The molecule has 2 aromatic heterocycles. The van der Waals surface area contributed by atoms with E-state index in [4.69, 9.17) is 9.72 Å². The fourth-order valence-electron chi connectivity index (χ4n) is 5.14. The zero-order chi connectivity index (χ0) is 24.9. The second kappa shape index (κ2) is 8.66. The first-order valence-electron chi connectivity index (χ1n) is 12.3. The van der Waals surface area contributed by atoms with E-state index < -0.39 is 5.60 Å². The zero-order valence-electron chi connectivity index (χ0n) is 21.2. The molecule has 0 N–H and O–H groups in total. The number of hydrogen-bond donors (Lipinski definition) is 0. The summed E-state index contributed by atoms with van der Waals surface area (Å²) in [6.07, 6.45) is 6.08. The third-order valence-corrected chi connectivity index (χ3v) is 6.80. The third-order valence-electron chi connectivity index (χ3n) is 6.80. The molecule has 4 heterocycles. The number of aryl methyl sites for hydroxylation is 2. The molecule has 0 aliphatic carbocycles. The van der Waals surface area contributed by atoms with Crippen LogP contribution in [0.25, 0.3) is 16.9 Å². The Bertz CT molecular complexity index is 1300. The van der Waals surface area contributed by atoms with E-state index in [0.717, 1.165) is 58.7 Å². The number of fused-ring (bicyclic) bond motifs is 2. The fourth-order valence-corrected chi connectivity index (χ4v) is 5.14. The summed E-state index contributed by atoms with van der Waals surface area (Å²) in [7, 11) is 0. The Hall–Kier alpha value is -3.42. The van der Waals surface area contributed by atoms with Gasteiger partial charge in [0.05, 0.1) is 17.1 Å². The molecule has 3 aromatic rings. The Labute approximate surface area is 205 Å². The fraction of sp³-hybridized carbons (Fsp3) is 0.481. The van der Waals surface area contributed by atoms with Crippen LogP contribution in [0.4, 0.5) is 4.79 Å². The summed E-state index contributed by atoms with van der Waals surface area (Å²) in [5, 5.41) is 0. The highest BCUT2D eigenvalue weighted by Crippen LogP contribution is 2.29. The first kappa shape index (κ1) is 23.3. The first-order chi connectivity index (χ1) is 16.6. The van der Waals surface area contributed by atoms with Gasteiger partial charge in [-0.15, -0.1) is 0 Å². The molecule has 1 aromatic carbocycles. The van der Waals surface area contributed by atoms with Crippen molar-refractivity contribution in [1.29, 1.82) is 0 Å². The number of likely N-dealkylation sites (tertiary alicyclic amines) is 1. The van der Waals surface area contributed by atoms with E-state index in [1.165, 1.54) is 0 Å². The van der Waals surface area contributed by atoms with Crippen molar-refractivity contribution in [2.24, 2.45) is 0 Å². The van der Waals surface area contributed by atoms with E-state index in [0.29, 0.717) is 19.6 Å². The number of hydrogen-bond acceptors (Lipinski definition) is 5. The van der Waals surface area contributed by atoms with Gasteiger partial charge >= 0.3 is 6.09 Å². The minimum absolute atomic E-state index is 0.0826. The average molecular weight is 476 g/mol. The maximum absolute atomic E-state index is 13.4. The number of carbonyl (C=O) groups excluding carboxylic acids is 2. The van der Waals surface area contributed by atoms with E-state index in [1.807, 2.05) is 68.4 Å². The van der Waals surface area contributed by atoms with Crippen LogP contribution >= 0.6 is 0 Å². The Morgan fingerprint density at radius 3 is 2.51 bits per heavy atom. The maximum Gasteiger partial charge on any atom is 0.410 e. The lowest BCUT2D eigenvalue weighted by Gasteiger charge is -2.40. The van der Waals surface area contributed by atoms with Crippen LogP contribution in [0.5, 0.6) is 0 Å². The molecule has 184 valence electrons. The van der Waals surface area contributed by atoms with Gasteiger partial charge in [0.15, 0.2) is 5.65 Å². The van der Waals surface area contributed by atoms with Crippen molar-refractivity contribution in [1.82, 2.24) is 24.2 Å². The molecule has 35 heavy (non-hydrogen) atoms.